The molecule has 0 radical (unpaired) electrons. The molecule has 1 aliphatic rings. The van der Waals surface area contributed by atoms with Gasteiger partial charge >= 0.3 is 0 Å². The van der Waals surface area contributed by atoms with Gasteiger partial charge in [-0.2, -0.15) is 0 Å². The zero-order valence-corrected chi connectivity index (χ0v) is 8.66. The summed E-state index contributed by atoms with van der Waals surface area (Å²) >= 11 is 0. The highest BCUT2D eigenvalue weighted by molar-refractivity contribution is 5.73. The number of nitrogen functional groups attached to an aromatic ring is 1. The number of hydrogen-bond acceptors (Lipinski definition) is 4. The van der Waals surface area contributed by atoms with Gasteiger partial charge in [-0.05, 0) is 25.3 Å². The van der Waals surface area contributed by atoms with E-state index in [1.54, 1.807) is 0 Å². The number of hydrogen-bond donors (Lipinski definition) is 1. The first-order chi connectivity index (χ1) is 7.28. The smallest absolute Gasteiger partial charge is 0.247 e. The molecule has 3 rings (SSSR count). The average Bonchev–Trinajstić information content (AvgIpc) is 2.99. The lowest BCUT2D eigenvalue weighted by molar-refractivity contribution is 0.524. The largest absolute Gasteiger partial charge is 0.422 e. The van der Waals surface area contributed by atoms with E-state index in [1.165, 1.54) is 12.8 Å². The molecule has 4 heteroatoms. The van der Waals surface area contributed by atoms with E-state index in [4.69, 9.17) is 10.2 Å². The van der Waals surface area contributed by atoms with E-state index in [1.807, 2.05) is 13.0 Å². The molecule has 0 aliphatic heterocycles. The molecule has 2 N–H and O–H groups in total. The normalized spacial score (nSPS) is 16.1. The van der Waals surface area contributed by atoms with Crippen molar-refractivity contribution in [3.8, 4) is 0 Å². The average molecular weight is 203 g/mol. The molecule has 78 valence electrons. The van der Waals surface area contributed by atoms with Crippen LogP contribution in [0, 0.1) is 0 Å². The van der Waals surface area contributed by atoms with Crippen molar-refractivity contribution in [3.05, 3.63) is 17.7 Å². The molecule has 2 aromatic rings. The van der Waals surface area contributed by atoms with Crippen LogP contribution in [0.1, 0.15) is 37.3 Å². The Bertz CT molecular complexity index is 514. The number of rotatable bonds is 2. The Hall–Kier alpha value is -1.58. The molecule has 0 aromatic carbocycles. The van der Waals surface area contributed by atoms with Gasteiger partial charge in [0.15, 0.2) is 0 Å². The molecular weight excluding hydrogens is 190 g/mol. The van der Waals surface area contributed by atoms with Crippen LogP contribution in [0.15, 0.2) is 10.5 Å². The number of fused-ring (bicyclic) bond motifs is 1. The lowest BCUT2D eigenvalue weighted by Crippen LogP contribution is -1.95. The zero-order valence-electron chi connectivity index (χ0n) is 8.66. The van der Waals surface area contributed by atoms with Gasteiger partial charge < -0.3 is 10.2 Å². The van der Waals surface area contributed by atoms with Gasteiger partial charge in [-0.1, -0.05) is 6.92 Å². The third-order valence-electron chi connectivity index (χ3n) is 2.77. The van der Waals surface area contributed by atoms with Gasteiger partial charge in [0.25, 0.3) is 0 Å². The Morgan fingerprint density at radius 3 is 2.93 bits per heavy atom. The second-order valence-electron chi connectivity index (χ2n) is 4.03. The third-order valence-corrected chi connectivity index (χ3v) is 2.77. The van der Waals surface area contributed by atoms with Crippen molar-refractivity contribution < 1.29 is 4.42 Å². The molecule has 0 atom stereocenters. The summed E-state index contributed by atoms with van der Waals surface area (Å²) in [5, 5.41) is 0. The minimum Gasteiger partial charge on any atom is -0.422 e. The second-order valence-corrected chi connectivity index (χ2v) is 4.03. The number of nitrogens with two attached hydrogens (primary N) is 1. The first-order valence-corrected chi connectivity index (χ1v) is 5.33. The van der Waals surface area contributed by atoms with Crippen molar-refractivity contribution in [2.75, 3.05) is 5.73 Å². The molecule has 0 bridgehead atoms. The van der Waals surface area contributed by atoms with Crippen molar-refractivity contribution in [2.24, 2.45) is 0 Å². The van der Waals surface area contributed by atoms with E-state index in [0.717, 1.165) is 23.5 Å². The van der Waals surface area contributed by atoms with Crippen molar-refractivity contribution in [1.82, 2.24) is 9.97 Å². The molecule has 2 heterocycles. The summed E-state index contributed by atoms with van der Waals surface area (Å²) in [6.45, 7) is 2.03. The molecule has 15 heavy (non-hydrogen) atoms. The molecule has 0 spiro atoms. The highest BCUT2D eigenvalue weighted by Gasteiger charge is 2.29. The van der Waals surface area contributed by atoms with Crippen LogP contribution in [0.2, 0.25) is 0 Å². The Morgan fingerprint density at radius 2 is 2.27 bits per heavy atom. The number of aryl methyl sites for hydroxylation is 1. The van der Waals surface area contributed by atoms with Crippen LogP contribution in [0.3, 0.4) is 0 Å². The fourth-order valence-corrected chi connectivity index (χ4v) is 1.72. The minimum absolute atomic E-state index is 0.519. The first-order valence-electron chi connectivity index (χ1n) is 5.33. The van der Waals surface area contributed by atoms with Gasteiger partial charge in [-0.25, -0.2) is 9.97 Å². The molecule has 1 fully saturated rings. The monoisotopic (exact) mass is 203 g/mol. The summed E-state index contributed by atoms with van der Waals surface area (Å²) in [5.41, 5.74) is 8.86. The molecule has 0 unspecified atom stereocenters. The van der Waals surface area contributed by atoms with E-state index < -0.39 is 0 Å². The summed E-state index contributed by atoms with van der Waals surface area (Å²) in [6.07, 6.45) is 3.19. The predicted octanol–water partition coefficient (Wildman–Crippen LogP) is 2.24. The maximum atomic E-state index is 5.85. The summed E-state index contributed by atoms with van der Waals surface area (Å²) in [7, 11) is 0. The number of pyridine rings is 1. The molecule has 1 aliphatic carbocycles. The lowest BCUT2D eigenvalue weighted by atomic mass is 10.2. The Kier molecular flexibility index (Phi) is 1.71. The summed E-state index contributed by atoms with van der Waals surface area (Å²) < 4.78 is 5.61. The van der Waals surface area contributed by atoms with Crippen LogP contribution < -0.4 is 5.73 Å². The number of oxazole rings is 1. The fourth-order valence-electron chi connectivity index (χ4n) is 1.72. The van der Waals surface area contributed by atoms with E-state index in [2.05, 4.69) is 9.97 Å². The van der Waals surface area contributed by atoms with Gasteiger partial charge in [0.1, 0.15) is 5.52 Å². The fraction of sp³-hybridized carbons (Fsp3) is 0.455. The molecular formula is C11H13N3O. The first kappa shape index (κ1) is 8.71. The van der Waals surface area contributed by atoms with Crippen LogP contribution in [0.4, 0.5) is 5.69 Å². The maximum absolute atomic E-state index is 5.85. The number of nitrogens with zero attached hydrogens (tertiary/aromatic N) is 2. The van der Waals surface area contributed by atoms with Crippen molar-refractivity contribution in [3.63, 3.8) is 0 Å². The minimum atomic E-state index is 0.519. The zero-order chi connectivity index (χ0) is 10.4. The molecule has 2 aromatic heterocycles. The van der Waals surface area contributed by atoms with Crippen molar-refractivity contribution in [2.45, 2.75) is 32.1 Å². The summed E-state index contributed by atoms with van der Waals surface area (Å²) in [5.74, 6) is 1.34. The van der Waals surface area contributed by atoms with Crippen LogP contribution in [0.5, 0.6) is 0 Å². The molecule has 0 amide bonds. The highest BCUT2D eigenvalue weighted by Crippen LogP contribution is 2.40. The van der Waals surface area contributed by atoms with E-state index in [9.17, 15) is 0 Å². The van der Waals surface area contributed by atoms with Gasteiger partial charge in [0, 0.05) is 5.92 Å². The number of anilines is 1. The molecule has 4 nitrogen and oxygen atoms in total. The van der Waals surface area contributed by atoms with Crippen molar-refractivity contribution >= 4 is 16.9 Å². The van der Waals surface area contributed by atoms with Crippen LogP contribution >= 0.6 is 0 Å². The predicted molar refractivity (Wildman–Crippen MR) is 57.6 cm³/mol. The molecule has 0 saturated heterocycles. The van der Waals surface area contributed by atoms with Crippen LogP contribution in [-0.4, -0.2) is 9.97 Å². The van der Waals surface area contributed by atoms with Crippen LogP contribution in [-0.2, 0) is 6.42 Å². The quantitative estimate of drug-likeness (QED) is 0.812. The van der Waals surface area contributed by atoms with E-state index >= 15 is 0 Å². The molecule has 1 saturated carbocycles. The van der Waals surface area contributed by atoms with E-state index in [-0.39, 0.29) is 0 Å². The second kappa shape index (κ2) is 2.95. The van der Waals surface area contributed by atoms with Gasteiger partial charge in [-0.3, -0.25) is 0 Å². The summed E-state index contributed by atoms with van der Waals surface area (Å²) in [6, 6.07) is 1.86. The lowest BCUT2D eigenvalue weighted by Gasteiger charge is -1.98. The van der Waals surface area contributed by atoms with Gasteiger partial charge in [0.05, 0.1) is 11.4 Å². The third kappa shape index (κ3) is 1.37. The highest BCUT2D eigenvalue weighted by atomic mass is 16.4. The van der Waals surface area contributed by atoms with Crippen molar-refractivity contribution in [1.29, 1.82) is 0 Å². The van der Waals surface area contributed by atoms with Gasteiger partial charge in [0.2, 0.25) is 11.6 Å². The Morgan fingerprint density at radius 1 is 1.47 bits per heavy atom. The topological polar surface area (TPSA) is 64.9 Å². The van der Waals surface area contributed by atoms with Gasteiger partial charge in [-0.15, -0.1) is 0 Å². The van der Waals surface area contributed by atoms with Crippen LogP contribution in [0.25, 0.3) is 11.2 Å². The number of aromatic nitrogens is 2. The Labute approximate surface area is 87.5 Å². The Balaban J connectivity index is 2.16. The maximum Gasteiger partial charge on any atom is 0.247 e. The van der Waals surface area contributed by atoms with E-state index in [0.29, 0.717) is 17.3 Å². The summed E-state index contributed by atoms with van der Waals surface area (Å²) in [4.78, 5) is 8.77. The SMILES string of the molecule is CCc1nc2oc(C3CC3)nc2cc1N. The standard InChI is InChI=1S/C11H13N3O/c1-2-8-7(12)5-9-11(13-8)15-10(14-9)6-3-4-6/h5-6H,2-4,12H2,1H3.